The normalized spacial score (nSPS) is 10.4. The molecule has 0 saturated carbocycles. The predicted molar refractivity (Wildman–Crippen MR) is 72.9 cm³/mol. The van der Waals surface area contributed by atoms with Crippen LogP contribution in [-0.4, -0.2) is 21.1 Å². The molecule has 3 rings (SSSR count). The maximum Gasteiger partial charge on any atom is 0.275 e. The Hall–Kier alpha value is -3.09. The van der Waals surface area contributed by atoms with Crippen LogP contribution in [0.25, 0.3) is 11.3 Å². The summed E-state index contributed by atoms with van der Waals surface area (Å²) in [5.41, 5.74) is 7.68. The van der Waals surface area contributed by atoms with E-state index in [2.05, 4.69) is 20.5 Å². The molecule has 7 nitrogen and oxygen atoms in total. The molecule has 1 amide bonds. The molecule has 20 heavy (non-hydrogen) atoms. The average Bonchev–Trinajstić information content (AvgIpc) is 3.10. The minimum absolute atomic E-state index is 0.240. The summed E-state index contributed by atoms with van der Waals surface area (Å²) in [7, 11) is 0. The fourth-order valence-corrected chi connectivity index (χ4v) is 1.75. The second-order valence-electron chi connectivity index (χ2n) is 4.10. The monoisotopic (exact) mass is 269 g/mol. The average molecular weight is 269 g/mol. The Labute approximate surface area is 113 Å². The Balaban J connectivity index is 1.76. The summed E-state index contributed by atoms with van der Waals surface area (Å²) in [4.78, 5) is 15.8. The topological polar surface area (TPSA) is 110 Å². The Bertz CT molecular complexity index is 716. The van der Waals surface area contributed by atoms with Crippen LogP contribution in [0, 0.1) is 0 Å². The summed E-state index contributed by atoms with van der Waals surface area (Å²) in [5, 5.41) is 8.97. The minimum atomic E-state index is -0.340. The van der Waals surface area contributed by atoms with Gasteiger partial charge < -0.3 is 15.5 Å². The number of amides is 1. The number of anilines is 2. The van der Waals surface area contributed by atoms with E-state index in [0.29, 0.717) is 17.1 Å². The van der Waals surface area contributed by atoms with Crippen molar-refractivity contribution in [2.24, 2.45) is 0 Å². The molecule has 0 atom stereocenters. The van der Waals surface area contributed by atoms with Crippen LogP contribution in [0.3, 0.4) is 0 Å². The van der Waals surface area contributed by atoms with Crippen LogP contribution in [0.2, 0.25) is 0 Å². The van der Waals surface area contributed by atoms with E-state index >= 15 is 0 Å². The zero-order chi connectivity index (χ0) is 13.9. The number of benzene rings is 1. The van der Waals surface area contributed by atoms with Crippen molar-refractivity contribution in [2.45, 2.75) is 0 Å². The lowest BCUT2D eigenvalue weighted by molar-refractivity contribution is 0.102. The lowest BCUT2D eigenvalue weighted by Gasteiger charge is -2.05. The molecule has 3 aromatic rings. The first kappa shape index (κ1) is 12.0. The van der Waals surface area contributed by atoms with E-state index in [0.717, 1.165) is 5.56 Å². The first-order chi connectivity index (χ1) is 9.74. The van der Waals surface area contributed by atoms with Crippen LogP contribution in [0.15, 0.2) is 47.5 Å². The highest BCUT2D eigenvalue weighted by atomic mass is 16.3. The van der Waals surface area contributed by atoms with Crippen molar-refractivity contribution < 1.29 is 9.21 Å². The van der Waals surface area contributed by atoms with Crippen LogP contribution < -0.4 is 11.1 Å². The molecule has 0 saturated heterocycles. The number of rotatable bonds is 3. The predicted octanol–water partition coefficient (Wildman–Crippen LogP) is 1.90. The van der Waals surface area contributed by atoms with Gasteiger partial charge in [0.15, 0.2) is 12.2 Å². The second kappa shape index (κ2) is 4.88. The summed E-state index contributed by atoms with van der Waals surface area (Å²) >= 11 is 0. The van der Waals surface area contributed by atoms with E-state index in [1.54, 1.807) is 18.3 Å². The number of carbonyl (C=O) groups is 1. The summed E-state index contributed by atoms with van der Waals surface area (Å²) in [6.07, 6.45) is 4.38. The van der Waals surface area contributed by atoms with Crippen molar-refractivity contribution in [3.05, 3.63) is 48.7 Å². The van der Waals surface area contributed by atoms with Gasteiger partial charge in [0.1, 0.15) is 5.69 Å². The molecule has 0 unspecified atom stereocenters. The third-order valence-corrected chi connectivity index (χ3v) is 2.76. The van der Waals surface area contributed by atoms with Gasteiger partial charge in [-0.1, -0.05) is 0 Å². The van der Waals surface area contributed by atoms with Gasteiger partial charge in [-0.2, -0.15) is 5.10 Å². The van der Waals surface area contributed by atoms with Crippen LogP contribution in [0.4, 0.5) is 11.4 Å². The minimum Gasteiger partial charge on any atom is -0.444 e. The number of H-pyrrole nitrogens is 1. The molecule has 0 spiro atoms. The fraction of sp³-hybridized carbons (Fsp3) is 0. The molecular weight excluding hydrogens is 258 g/mol. The van der Waals surface area contributed by atoms with Gasteiger partial charge >= 0.3 is 0 Å². The van der Waals surface area contributed by atoms with E-state index in [9.17, 15) is 4.79 Å². The zero-order valence-corrected chi connectivity index (χ0v) is 10.3. The highest BCUT2D eigenvalue weighted by Gasteiger charge is 2.11. The maximum absolute atomic E-state index is 11.9. The Kier molecular flexibility index (Phi) is 2.92. The molecule has 2 aromatic heterocycles. The zero-order valence-electron chi connectivity index (χ0n) is 10.3. The van der Waals surface area contributed by atoms with Gasteiger partial charge in [-0.15, -0.1) is 0 Å². The standard InChI is InChI=1S/C13H11N5O2/c14-10-5-16-18-12(10)13(19)17-9-3-1-8(2-4-9)11-6-15-7-20-11/h1-7H,14H2,(H,16,18)(H,17,19). The number of hydrogen-bond donors (Lipinski definition) is 3. The number of nitrogens with zero attached hydrogens (tertiary/aromatic N) is 2. The highest BCUT2D eigenvalue weighted by molar-refractivity contribution is 6.06. The van der Waals surface area contributed by atoms with Crippen molar-refractivity contribution in [3.8, 4) is 11.3 Å². The number of oxazole rings is 1. The summed E-state index contributed by atoms with van der Waals surface area (Å²) in [5.74, 6) is 0.327. The molecular formula is C13H11N5O2. The molecule has 2 heterocycles. The third-order valence-electron chi connectivity index (χ3n) is 2.76. The first-order valence-electron chi connectivity index (χ1n) is 5.83. The Morgan fingerprint density at radius 3 is 2.65 bits per heavy atom. The number of nitrogen functional groups attached to an aromatic ring is 1. The number of hydrogen-bond acceptors (Lipinski definition) is 5. The molecule has 0 aliphatic heterocycles. The third kappa shape index (κ3) is 2.24. The van der Waals surface area contributed by atoms with Crippen LogP contribution >= 0.6 is 0 Å². The smallest absolute Gasteiger partial charge is 0.275 e. The van der Waals surface area contributed by atoms with Crippen molar-refractivity contribution in [3.63, 3.8) is 0 Å². The second-order valence-corrected chi connectivity index (χ2v) is 4.10. The van der Waals surface area contributed by atoms with E-state index in [4.69, 9.17) is 10.2 Å². The SMILES string of the molecule is Nc1cn[nH]c1C(=O)Nc1ccc(-c2cnco2)cc1. The summed E-state index contributed by atoms with van der Waals surface area (Å²) in [6.45, 7) is 0. The van der Waals surface area contributed by atoms with Gasteiger partial charge in [-0.25, -0.2) is 4.98 Å². The lowest BCUT2D eigenvalue weighted by atomic mass is 10.1. The Morgan fingerprint density at radius 1 is 1.25 bits per heavy atom. The molecule has 1 aromatic carbocycles. The number of nitrogens with one attached hydrogen (secondary N) is 2. The molecule has 0 fully saturated rings. The molecule has 0 aliphatic rings. The number of carbonyl (C=O) groups excluding carboxylic acids is 1. The molecule has 0 aliphatic carbocycles. The van der Waals surface area contributed by atoms with E-state index in [-0.39, 0.29) is 11.6 Å². The number of nitrogens with two attached hydrogens (primary N) is 1. The highest BCUT2D eigenvalue weighted by Crippen LogP contribution is 2.21. The van der Waals surface area contributed by atoms with E-state index < -0.39 is 0 Å². The molecule has 7 heteroatoms. The van der Waals surface area contributed by atoms with Gasteiger partial charge in [0, 0.05) is 11.3 Å². The van der Waals surface area contributed by atoms with Gasteiger partial charge in [-0.05, 0) is 24.3 Å². The van der Waals surface area contributed by atoms with Gasteiger partial charge in [0.05, 0.1) is 18.1 Å². The van der Waals surface area contributed by atoms with Crippen LogP contribution in [0.1, 0.15) is 10.5 Å². The van der Waals surface area contributed by atoms with Crippen molar-refractivity contribution in [2.75, 3.05) is 11.1 Å². The summed E-state index contributed by atoms with van der Waals surface area (Å²) in [6, 6.07) is 7.18. The quantitative estimate of drug-likeness (QED) is 0.672. The number of aromatic amines is 1. The molecule has 100 valence electrons. The maximum atomic E-state index is 11.9. The van der Waals surface area contributed by atoms with Crippen molar-refractivity contribution in [1.29, 1.82) is 0 Å². The largest absolute Gasteiger partial charge is 0.444 e. The fourth-order valence-electron chi connectivity index (χ4n) is 1.75. The van der Waals surface area contributed by atoms with Crippen LogP contribution in [0.5, 0.6) is 0 Å². The van der Waals surface area contributed by atoms with E-state index in [1.165, 1.54) is 12.6 Å². The van der Waals surface area contributed by atoms with Gasteiger partial charge in [0.25, 0.3) is 5.91 Å². The summed E-state index contributed by atoms with van der Waals surface area (Å²) < 4.78 is 5.19. The lowest BCUT2D eigenvalue weighted by Crippen LogP contribution is -2.14. The molecule has 0 radical (unpaired) electrons. The number of aromatic nitrogens is 3. The van der Waals surface area contributed by atoms with Crippen LogP contribution in [-0.2, 0) is 0 Å². The van der Waals surface area contributed by atoms with Gasteiger partial charge in [-0.3, -0.25) is 9.89 Å². The Morgan fingerprint density at radius 2 is 2.05 bits per heavy atom. The first-order valence-corrected chi connectivity index (χ1v) is 5.83. The van der Waals surface area contributed by atoms with Gasteiger partial charge in [0.2, 0.25) is 0 Å². The van der Waals surface area contributed by atoms with Crippen molar-refractivity contribution >= 4 is 17.3 Å². The molecule has 0 bridgehead atoms. The van der Waals surface area contributed by atoms with Crippen molar-refractivity contribution in [1.82, 2.24) is 15.2 Å². The molecule has 4 N–H and O–H groups in total. The van der Waals surface area contributed by atoms with E-state index in [1.807, 2.05) is 12.1 Å².